The predicted octanol–water partition coefficient (Wildman–Crippen LogP) is 4.03. The molecule has 8 nitrogen and oxygen atoms in total. The van der Waals surface area contributed by atoms with Crippen molar-refractivity contribution in [2.45, 2.75) is 19.8 Å². The summed E-state index contributed by atoms with van der Waals surface area (Å²) < 4.78 is 22.2. The zero-order chi connectivity index (χ0) is 23.4. The Morgan fingerprint density at radius 1 is 0.971 bits per heavy atom. The monoisotopic (exact) mass is 465 g/mol. The first kappa shape index (κ1) is 23.8. The van der Waals surface area contributed by atoms with E-state index < -0.39 is 0 Å². The van der Waals surface area contributed by atoms with E-state index in [2.05, 4.69) is 15.5 Å². The molecule has 4 rings (SSSR count). The summed E-state index contributed by atoms with van der Waals surface area (Å²) in [7, 11) is 0. The van der Waals surface area contributed by atoms with Crippen LogP contribution >= 0.6 is 0 Å². The number of carbonyl (C=O) groups is 1. The number of nitrogens with zero attached hydrogens (tertiary/aromatic N) is 1. The van der Waals surface area contributed by atoms with Crippen molar-refractivity contribution in [3.05, 3.63) is 83.8 Å². The van der Waals surface area contributed by atoms with Crippen LogP contribution in [0.15, 0.2) is 71.3 Å². The highest BCUT2D eigenvalue weighted by atomic mass is 16.5. The molecule has 2 N–H and O–H groups in total. The van der Waals surface area contributed by atoms with Crippen LogP contribution < -0.4 is 15.4 Å². The van der Waals surface area contributed by atoms with Gasteiger partial charge in [-0.15, -0.1) is 0 Å². The molecular formula is C26H31N3O5. The Labute approximate surface area is 199 Å². The van der Waals surface area contributed by atoms with Crippen LogP contribution in [-0.2, 0) is 29.2 Å². The Balaban J connectivity index is 1.18. The molecule has 0 bridgehead atoms. The lowest BCUT2D eigenvalue weighted by molar-refractivity contribution is 0.0322. The highest BCUT2D eigenvalue weighted by Crippen LogP contribution is 2.15. The summed E-state index contributed by atoms with van der Waals surface area (Å²) in [6.45, 7) is 6.20. The zero-order valence-electron chi connectivity index (χ0n) is 19.2. The first-order valence-electron chi connectivity index (χ1n) is 11.5. The van der Waals surface area contributed by atoms with Crippen LogP contribution in [-0.4, -0.2) is 50.4 Å². The molecule has 0 aliphatic carbocycles. The normalized spacial score (nSPS) is 14.0. The molecule has 0 spiro atoms. The van der Waals surface area contributed by atoms with Crippen molar-refractivity contribution >= 4 is 11.7 Å². The second-order valence-corrected chi connectivity index (χ2v) is 8.03. The van der Waals surface area contributed by atoms with Crippen LogP contribution in [0.2, 0.25) is 0 Å². The third-order valence-electron chi connectivity index (χ3n) is 5.41. The lowest BCUT2D eigenvalue weighted by Crippen LogP contribution is -2.38. The average molecular weight is 466 g/mol. The van der Waals surface area contributed by atoms with Crippen LogP contribution in [0.4, 0.5) is 10.5 Å². The number of anilines is 1. The third-order valence-corrected chi connectivity index (χ3v) is 5.41. The van der Waals surface area contributed by atoms with Crippen LogP contribution in [0, 0.1) is 0 Å². The second kappa shape index (κ2) is 12.8. The quantitative estimate of drug-likeness (QED) is 0.445. The number of benzene rings is 2. The number of amides is 2. The first-order chi connectivity index (χ1) is 16.7. The fraction of sp³-hybridized carbons (Fsp3) is 0.346. The number of rotatable bonds is 11. The summed E-state index contributed by atoms with van der Waals surface area (Å²) in [5.74, 6) is 1.58. The molecule has 180 valence electrons. The van der Waals surface area contributed by atoms with E-state index in [1.165, 1.54) is 0 Å². The van der Waals surface area contributed by atoms with Gasteiger partial charge in [-0.2, -0.15) is 0 Å². The van der Waals surface area contributed by atoms with E-state index in [0.29, 0.717) is 32.1 Å². The molecule has 0 atom stereocenters. The van der Waals surface area contributed by atoms with Gasteiger partial charge >= 0.3 is 6.03 Å². The van der Waals surface area contributed by atoms with Crippen LogP contribution in [0.3, 0.4) is 0 Å². The molecule has 2 aromatic carbocycles. The number of ether oxygens (including phenoxy) is 3. The molecule has 0 unspecified atom stereocenters. The van der Waals surface area contributed by atoms with Gasteiger partial charge in [-0.05, 0) is 47.5 Å². The fourth-order valence-corrected chi connectivity index (χ4v) is 3.62. The topological polar surface area (TPSA) is 85.2 Å². The van der Waals surface area contributed by atoms with Crippen molar-refractivity contribution in [2.75, 3.05) is 44.8 Å². The van der Waals surface area contributed by atoms with Gasteiger partial charge in [0.1, 0.15) is 24.7 Å². The van der Waals surface area contributed by atoms with Gasteiger partial charge in [-0.25, -0.2) is 4.79 Å². The van der Waals surface area contributed by atoms with Gasteiger partial charge in [0.25, 0.3) is 0 Å². The van der Waals surface area contributed by atoms with Gasteiger partial charge in [0.05, 0.1) is 26.1 Å². The first-order valence-corrected chi connectivity index (χ1v) is 11.5. The number of furan rings is 1. The minimum Gasteiger partial charge on any atom is -0.492 e. The number of hydrogen-bond donors (Lipinski definition) is 2. The highest BCUT2D eigenvalue weighted by Gasteiger charge is 2.10. The van der Waals surface area contributed by atoms with E-state index in [1.807, 2.05) is 60.7 Å². The van der Waals surface area contributed by atoms with Crippen molar-refractivity contribution in [2.24, 2.45) is 0 Å². The van der Waals surface area contributed by atoms with Gasteiger partial charge in [0.15, 0.2) is 0 Å². The lowest BCUT2D eigenvalue weighted by atomic mass is 10.2. The summed E-state index contributed by atoms with van der Waals surface area (Å²) >= 11 is 0. The van der Waals surface area contributed by atoms with Gasteiger partial charge in [0.2, 0.25) is 0 Å². The largest absolute Gasteiger partial charge is 0.492 e. The Morgan fingerprint density at radius 2 is 1.82 bits per heavy atom. The van der Waals surface area contributed by atoms with E-state index in [-0.39, 0.29) is 6.03 Å². The fourth-order valence-electron chi connectivity index (χ4n) is 3.62. The molecule has 3 aromatic rings. The van der Waals surface area contributed by atoms with Gasteiger partial charge < -0.3 is 29.3 Å². The van der Waals surface area contributed by atoms with Gasteiger partial charge in [0, 0.05) is 31.9 Å². The molecule has 1 aliphatic heterocycles. The number of urea groups is 1. The van der Waals surface area contributed by atoms with Crippen molar-refractivity contribution in [1.29, 1.82) is 0 Å². The summed E-state index contributed by atoms with van der Waals surface area (Å²) in [5, 5.41) is 5.76. The highest BCUT2D eigenvalue weighted by molar-refractivity contribution is 5.89. The molecule has 2 amide bonds. The molecule has 2 heterocycles. The molecular weight excluding hydrogens is 434 g/mol. The zero-order valence-corrected chi connectivity index (χ0v) is 19.2. The van der Waals surface area contributed by atoms with Crippen molar-refractivity contribution in [3.8, 4) is 5.75 Å². The number of nitrogens with one attached hydrogen (secondary N) is 2. The van der Waals surface area contributed by atoms with Gasteiger partial charge in [-0.1, -0.05) is 24.3 Å². The van der Waals surface area contributed by atoms with Crippen LogP contribution in [0.5, 0.6) is 5.75 Å². The van der Waals surface area contributed by atoms with E-state index in [0.717, 1.165) is 55.5 Å². The number of morpholine rings is 1. The van der Waals surface area contributed by atoms with Crippen LogP contribution in [0.25, 0.3) is 0 Å². The maximum atomic E-state index is 12.4. The molecule has 34 heavy (non-hydrogen) atoms. The maximum Gasteiger partial charge on any atom is 0.319 e. The third kappa shape index (κ3) is 7.91. The van der Waals surface area contributed by atoms with E-state index >= 15 is 0 Å². The van der Waals surface area contributed by atoms with E-state index in [4.69, 9.17) is 18.6 Å². The van der Waals surface area contributed by atoms with Gasteiger partial charge in [-0.3, -0.25) is 4.90 Å². The average Bonchev–Trinajstić information content (AvgIpc) is 3.38. The smallest absolute Gasteiger partial charge is 0.319 e. The standard InChI is InChI=1S/C26H31N3O5/c30-26(28-23-6-1-5-22(16-23)19-32-20-25-8-3-12-33-25)27-18-21-4-2-7-24(17-21)34-15-11-29-9-13-31-14-10-29/h1-8,12,16-17H,9-11,13-15,18-20H2,(H2,27,28,30). The maximum absolute atomic E-state index is 12.4. The van der Waals surface area contributed by atoms with E-state index in [9.17, 15) is 4.79 Å². The Kier molecular flexibility index (Phi) is 8.96. The second-order valence-electron chi connectivity index (χ2n) is 8.03. The summed E-state index contributed by atoms with van der Waals surface area (Å²) in [6, 6.07) is 18.8. The van der Waals surface area contributed by atoms with Crippen molar-refractivity contribution in [1.82, 2.24) is 10.2 Å². The summed E-state index contributed by atoms with van der Waals surface area (Å²) in [5.41, 5.74) is 2.64. The Hall–Kier alpha value is -3.33. The molecule has 1 aromatic heterocycles. The molecule has 0 saturated carbocycles. The Bertz CT molecular complexity index is 1020. The van der Waals surface area contributed by atoms with E-state index in [1.54, 1.807) is 6.26 Å². The Morgan fingerprint density at radius 3 is 2.68 bits per heavy atom. The predicted molar refractivity (Wildman–Crippen MR) is 129 cm³/mol. The molecule has 1 aliphatic rings. The number of hydrogen-bond acceptors (Lipinski definition) is 6. The van der Waals surface area contributed by atoms with Crippen molar-refractivity contribution in [3.63, 3.8) is 0 Å². The lowest BCUT2D eigenvalue weighted by Gasteiger charge is -2.26. The summed E-state index contributed by atoms with van der Waals surface area (Å²) in [6.07, 6.45) is 1.62. The molecule has 8 heteroatoms. The number of carbonyl (C=O) groups excluding carboxylic acids is 1. The minimum atomic E-state index is -0.271. The molecule has 1 fully saturated rings. The van der Waals surface area contributed by atoms with Crippen molar-refractivity contribution < 1.29 is 23.4 Å². The molecule has 0 radical (unpaired) electrons. The van der Waals surface area contributed by atoms with Crippen LogP contribution in [0.1, 0.15) is 16.9 Å². The molecule has 1 saturated heterocycles. The minimum absolute atomic E-state index is 0.271. The summed E-state index contributed by atoms with van der Waals surface area (Å²) in [4.78, 5) is 14.7. The SMILES string of the molecule is O=C(NCc1cccc(OCCN2CCOCC2)c1)Nc1cccc(COCc2ccco2)c1.